The van der Waals surface area contributed by atoms with Crippen LogP contribution < -0.4 is 11.4 Å². The molecule has 0 aliphatic heterocycles. The number of H-pyrrole nitrogens is 1. The lowest BCUT2D eigenvalue weighted by atomic mass is 10.1. The van der Waals surface area contributed by atoms with Crippen molar-refractivity contribution < 1.29 is 0 Å². The number of aromatic amines is 1. The number of nitrogens with two attached hydrogens (primary N) is 1. The first-order valence-electron chi connectivity index (χ1n) is 6.33. The van der Waals surface area contributed by atoms with Gasteiger partial charge in [-0.2, -0.15) is 0 Å². The van der Waals surface area contributed by atoms with Crippen LogP contribution in [0, 0.1) is 0 Å². The summed E-state index contributed by atoms with van der Waals surface area (Å²) in [4.78, 5) is 11.6. The van der Waals surface area contributed by atoms with E-state index in [-0.39, 0.29) is 10.9 Å². The summed E-state index contributed by atoms with van der Waals surface area (Å²) in [5.74, 6) is 0. The highest BCUT2D eigenvalue weighted by Gasteiger charge is 2.16. The molecule has 0 radical (unpaired) electrons. The minimum Gasteiger partial charge on any atom is -0.329 e. The summed E-state index contributed by atoms with van der Waals surface area (Å²) < 4.78 is 1.66. The third-order valence-electron chi connectivity index (χ3n) is 2.80. The van der Waals surface area contributed by atoms with Gasteiger partial charge in [0.05, 0.1) is 0 Å². The molecule has 0 fully saturated rings. The monoisotopic (exact) mass is 278 g/mol. The number of hydrogen-bond acceptors (Lipinski definition) is 4. The van der Waals surface area contributed by atoms with Gasteiger partial charge in [0.15, 0.2) is 5.16 Å². The molecule has 0 saturated carbocycles. The minimum atomic E-state index is -0.159. The smallest absolute Gasteiger partial charge is 0.329 e. The Morgan fingerprint density at radius 1 is 1.42 bits per heavy atom. The van der Waals surface area contributed by atoms with Crippen molar-refractivity contribution in [1.29, 1.82) is 0 Å². The Kier molecular flexibility index (Phi) is 4.81. The molecule has 0 aliphatic rings. The molecule has 6 heteroatoms. The zero-order valence-corrected chi connectivity index (χ0v) is 11.7. The molecule has 1 aromatic heterocycles. The van der Waals surface area contributed by atoms with E-state index in [1.54, 1.807) is 4.57 Å². The molecule has 5 nitrogen and oxygen atoms in total. The maximum Gasteiger partial charge on any atom is 0.343 e. The lowest BCUT2D eigenvalue weighted by Crippen LogP contribution is -2.18. The largest absolute Gasteiger partial charge is 0.343 e. The number of nitrogens with zero attached hydrogens (tertiary/aromatic N) is 2. The second-order valence-electron chi connectivity index (χ2n) is 4.22. The number of hydrogen-bond donors (Lipinski definition) is 2. The fraction of sp³-hybridized carbons (Fsp3) is 0.385. The average Bonchev–Trinajstić information content (AvgIpc) is 2.79. The van der Waals surface area contributed by atoms with Crippen molar-refractivity contribution in [3.63, 3.8) is 0 Å². The summed E-state index contributed by atoms with van der Waals surface area (Å²) in [7, 11) is 0. The van der Waals surface area contributed by atoms with E-state index in [1.165, 1.54) is 11.8 Å². The summed E-state index contributed by atoms with van der Waals surface area (Å²) in [5, 5.41) is 7.38. The van der Waals surface area contributed by atoms with Gasteiger partial charge in [-0.1, -0.05) is 49.0 Å². The van der Waals surface area contributed by atoms with E-state index >= 15 is 0 Å². The highest BCUT2D eigenvalue weighted by molar-refractivity contribution is 7.99. The summed E-state index contributed by atoms with van der Waals surface area (Å²) in [6.45, 7) is 3.21. The van der Waals surface area contributed by atoms with Crippen molar-refractivity contribution in [2.75, 3.05) is 6.54 Å². The summed E-state index contributed by atoms with van der Waals surface area (Å²) >= 11 is 1.52. The SMILES string of the molecule is CCCn1c(SC(CN)c2ccccc2)n[nH]c1=O. The van der Waals surface area contributed by atoms with Crippen LogP contribution >= 0.6 is 11.8 Å². The molecule has 19 heavy (non-hydrogen) atoms. The number of benzene rings is 1. The topological polar surface area (TPSA) is 76.7 Å². The highest BCUT2D eigenvalue weighted by atomic mass is 32.2. The van der Waals surface area contributed by atoms with Gasteiger partial charge in [0.1, 0.15) is 0 Å². The molecule has 0 amide bonds. The van der Waals surface area contributed by atoms with Gasteiger partial charge in [0.2, 0.25) is 0 Å². The van der Waals surface area contributed by atoms with Crippen LogP contribution in [0.2, 0.25) is 0 Å². The van der Waals surface area contributed by atoms with Gasteiger partial charge in [-0.3, -0.25) is 4.57 Å². The quantitative estimate of drug-likeness (QED) is 0.790. The Labute approximate surface area is 116 Å². The molecule has 3 N–H and O–H groups in total. The van der Waals surface area contributed by atoms with Crippen LogP contribution in [0.4, 0.5) is 0 Å². The Bertz CT molecular complexity index is 564. The Balaban J connectivity index is 2.22. The van der Waals surface area contributed by atoms with Gasteiger partial charge < -0.3 is 5.73 Å². The molecule has 1 aromatic carbocycles. The second kappa shape index (κ2) is 6.58. The van der Waals surface area contributed by atoms with Gasteiger partial charge in [-0.25, -0.2) is 9.89 Å². The third kappa shape index (κ3) is 3.27. The van der Waals surface area contributed by atoms with E-state index in [0.29, 0.717) is 18.2 Å². The van der Waals surface area contributed by atoms with Crippen LogP contribution in [-0.4, -0.2) is 21.3 Å². The van der Waals surface area contributed by atoms with Crippen LogP contribution in [0.15, 0.2) is 40.3 Å². The fourth-order valence-electron chi connectivity index (χ4n) is 1.86. The summed E-state index contributed by atoms with van der Waals surface area (Å²) in [6.07, 6.45) is 0.894. The predicted molar refractivity (Wildman–Crippen MR) is 77.2 cm³/mol. The normalized spacial score (nSPS) is 12.5. The number of rotatable bonds is 6. The molecule has 2 aromatic rings. The Morgan fingerprint density at radius 2 is 2.16 bits per heavy atom. The molecule has 2 rings (SSSR count). The molecule has 1 heterocycles. The third-order valence-corrected chi connectivity index (χ3v) is 4.08. The van der Waals surface area contributed by atoms with Crippen molar-refractivity contribution in [3.8, 4) is 0 Å². The first-order chi connectivity index (χ1) is 9.26. The molecule has 0 saturated heterocycles. The molecule has 1 unspecified atom stereocenters. The van der Waals surface area contributed by atoms with E-state index in [1.807, 2.05) is 37.3 Å². The molecule has 0 aliphatic carbocycles. The van der Waals surface area contributed by atoms with Crippen molar-refractivity contribution in [3.05, 3.63) is 46.4 Å². The van der Waals surface area contributed by atoms with Crippen molar-refractivity contribution in [2.24, 2.45) is 5.73 Å². The van der Waals surface area contributed by atoms with Crippen LogP contribution in [0.5, 0.6) is 0 Å². The van der Waals surface area contributed by atoms with Gasteiger partial charge in [-0.05, 0) is 12.0 Å². The molecule has 102 valence electrons. The van der Waals surface area contributed by atoms with E-state index < -0.39 is 0 Å². The molecular formula is C13H18N4OS. The van der Waals surface area contributed by atoms with Crippen LogP contribution in [0.25, 0.3) is 0 Å². The van der Waals surface area contributed by atoms with Crippen molar-refractivity contribution >= 4 is 11.8 Å². The molecule has 0 spiro atoms. The molecule has 0 bridgehead atoms. The Hall–Kier alpha value is -1.53. The van der Waals surface area contributed by atoms with Crippen LogP contribution in [-0.2, 0) is 6.54 Å². The van der Waals surface area contributed by atoms with E-state index in [9.17, 15) is 4.79 Å². The number of thioether (sulfide) groups is 1. The summed E-state index contributed by atoms with van der Waals surface area (Å²) in [6, 6.07) is 10.0. The zero-order valence-electron chi connectivity index (χ0n) is 10.9. The summed E-state index contributed by atoms with van der Waals surface area (Å²) in [5.41, 5.74) is 6.82. The Morgan fingerprint density at radius 3 is 2.79 bits per heavy atom. The van der Waals surface area contributed by atoms with Crippen LogP contribution in [0.3, 0.4) is 0 Å². The van der Waals surface area contributed by atoms with Crippen molar-refractivity contribution in [1.82, 2.24) is 14.8 Å². The number of nitrogens with one attached hydrogen (secondary N) is 1. The second-order valence-corrected chi connectivity index (χ2v) is 5.39. The fourth-order valence-corrected chi connectivity index (χ4v) is 2.90. The predicted octanol–water partition coefficient (Wildman–Crippen LogP) is 1.77. The standard InChI is InChI=1S/C13H18N4OS/c1-2-8-17-12(18)15-16-13(17)19-11(9-14)10-6-4-3-5-7-10/h3-7,11H,2,8-9,14H2,1H3,(H,15,18). The maximum absolute atomic E-state index is 11.6. The minimum absolute atomic E-state index is 0.104. The van der Waals surface area contributed by atoms with Gasteiger partial charge in [0, 0.05) is 18.3 Å². The van der Waals surface area contributed by atoms with Crippen LogP contribution in [0.1, 0.15) is 24.2 Å². The van der Waals surface area contributed by atoms with E-state index in [4.69, 9.17) is 5.73 Å². The lowest BCUT2D eigenvalue weighted by Gasteiger charge is -2.14. The van der Waals surface area contributed by atoms with E-state index in [0.717, 1.165) is 12.0 Å². The lowest BCUT2D eigenvalue weighted by molar-refractivity contribution is 0.602. The zero-order chi connectivity index (χ0) is 13.7. The average molecular weight is 278 g/mol. The van der Waals surface area contributed by atoms with Gasteiger partial charge in [-0.15, -0.1) is 5.10 Å². The first kappa shape index (κ1) is 13.9. The molecule has 1 atom stereocenters. The molecular weight excluding hydrogens is 260 g/mol. The van der Waals surface area contributed by atoms with Gasteiger partial charge in [0.25, 0.3) is 0 Å². The van der Waals surface area contributed by atoms with Crippen molar-refractivity contribution in [2.45, 2.75) is 30.3 Å². The number of aromatic nitrogens is 3. The van der Waals surface area contributed by atoms with Gasteiger partial charge >= 0.3 is 5.69 Å². The van der Waals surface area contributed by atoms with E-state index in [2.05, 4.69) is 10.2 Å². The first-order valence-corrected chi connectivity index (χ1v) is 7.21. The maximum atomic E-state index is 11.6. The highest BCUT2D eigenvalue weighted by Crippen LogP contribution is 2.32.